The van der Waals surface area contributed by atoms with Gasteiger partial charge in [-0.25, -0.2) is 5.48 Å². The van der Waals surface area contributed by atoms with Gasteiger partial charge in [-0.15, -0.1) is 0 Å². The van der Waals surface area contributed by atoms with Gasteiger partial charge in [-0.3, -0.25) is 14.8 Å². The minimum Gasteiger partial charge on any atom is -0.340 e. The highest BCUT2D eigenvalue weighted by Gasteiger charge is 2.26. The summed E-state index contributed by atoms with van der Waals surface area (Å²) in [5.74, 6) is -0.941. The highest BCUT2D eigenvalue weighted by Crippen LogP contribution is 2.19. The van der Waals surface area contributed by atoms with Gasteiger partial charge in [-0.1, -0.05) is 42.5 Å². The van der Waals surface area contributed by atoms with Crippen molar-refractivity contribution < 1.29 is 14.8 Å². The van der Waals surface area contributed by atoms with Crippen LogP contribution in [0.1, 0.15) is 29.6 Å². The summed E-state index contributed by atoms with van der Waals surface area (Å²) in [6.45, 7) is 0.910. The molecular weight excluding hydrogens is 330 g/mol. The number of hydroxylamine groups is 1. The second-order valence-electron chi connectivity index (χ2n) is 6.47. The second kappa shape index (κ2) is 8.60. The Labute approximate surface area is 152 Å². The Hall–Kier alpha value is -2.70. The Morgan fingerprint density at radius 1 is 1.08 bits per heavy atom. The molecule has 0 radical (unpaired) electrons. The van der Waals surface area contributed by atoms with Crippen molar-refractivity contribution in [1.29, 1.82) is 0 Å². The zero-order valence-electron chi connectivity index (χ0n) is 14.4. The zero-order valence-corrected chi connectivity index (χ0v) is 14.4. The van der Waals surface area contributed by atoms with Gasteiger partial charge in [0.1, 0.15) is 6.04 Å². The number of rotatable bonds is 6. The summed E-state index contributed by atoms with van der Waals surface area (Å²) in [6.07, 6.45) is 2.45. The van der Waals surface area contributed by atoms with Crippen LogP contribution in [0.15, 0.2) is 54.6 Å². The van der Waals surface area contributed by atoms with Crippen LogP contribution in [0.3, 0.4) is 0 Å². The molecule has 1 saturated heterocycles. The summed E-state index contributed by atoms with van der Waals surface area (Å²) in [6, 6.07) is 16.5. The lowest BCUT2D eigenvalue weighted by Gasteiger charge is -2.20. The quantitative estimate of drug-likeness (QED) is 0.473. The molecule has 1 fully saturated rings. The summed E-state index contributed by atoms with van der Waals surface area (Å²) in [4.78, 5) is 24.4. The first kappa shape index (κ1) is 18.1. The fourth-order valence-electron chi connectivity index (χ4n) is 3.24. The van der Waals surface area contributed by atoms with Gasteiger partial charge in [0.15, 0.2) is 0 Å². The maximum Gasteiger partial charge on any atom is 0.265 e. The first-order valence-electron chi connectivity index (χ1n) is 8.81. The minimum absolute atomic E-state index is 0.165. The molecule has 0 aromatic heterocycles. The smallest absolute Gasteiger partial charge is 0.265 e. The molecule has 0 aliphatic carbocycles. The van der Waals surface area contributed by atoms with E-state index in [1.807, 2.05) is 42.5 Å². The number of amides is 2. The van der Waals surface area contributed by atoms with Gasteiger partial charge in [0.05, 0.1) is 0 Å². The molecule has 0 saturated carbocycles. The molecule has 1 aliphatic heterocycles. The van der Waals surface area contributed by atoms with Gasteiger partial charge in [0, 0.05) is 11.6 Å². The first-order valence-corrected chi connectivity index (χ1v) is 8.81. The van der Waals surface area contributed by atoms with E-state index in [4.69, 9.17) is 5.21 Å². The van der Waals surface area contributed by atoms with E-state index in [0.717, 1.165) is 30.5 Å². The van der Waals surface area contributed by atoms with Crippen LogP contribution < -0.4 is 16.1 Å². The van der Waals surface area contributed by atoms with Crippen LogP contribution in [-0.4, -0.2) is 35.7 Å². The standard InChI is InChI=1S/C20H23N3O3/c24-19(22-18(20(25)23-26)13-17-7-4-12-21-17)16-10-8-15(9-11-16)14-5-2-1-3-6-14/h1-3,5-6,8-11,17-18,21,26H,4,7,12-13H2,(H,22,24)(H,23,25)/t17-,18-/m0/s1. The second-order valence-corrected chi connectivity index (χ2v) is 6.47. The Balaban J connectivity index is 1.67. The molecule has 2 aromatic rings. The van der Waals surface area contributed by atoms with Crippen molar-refractivity contribution in [3.63, 3.8) is 0 Å². The topological polar surface area (TPSA) is 90.5 Å². The summed E-state index contributed by atoms with van der Waals surface area (Å²) >= 11 is 0. The normalized spacial score (nSPS) is 17.5. The van der Waals surface area contributed by atoms with Gasteiger partial charge in [-0.2, -0.15) is 0 Å². The van der Waals surface area contributed by atoms with Crippen LogP contribution in [-0.2, 0) is 4.79 Å². The minimum atomic E-state index is -0.781. The van der Waals surface area contributed by atoms with E-state index < -0.39 is 11.9 Å². The molecule has 0 unspecified atom stereocenters. The van der Waals surface area contributed by atoms with E-state index in [9.17, 15) is 9.59 Å². The molecule has 6 heteroatoms. The number of carbonyl (C=O) groups is 2. The molecule has 136 valence electrons. The van der Waals surface area contributed by atoms with E-state index in [1.54, 1.807) is 17.6 Å². The van der Waals surface area contributed by atoms with E-state index in [-0.39, 0.29) is 11.9 Å². The molecule has 6 nitrogen and oxygen atoms in total. The van der Waals surface area contributed by atoms with Gasteiger partial charge >= 0.3 is 0 Å². The molecule has 1 heterocycles. The predicted octanol–water partition coefficient (Wildman–Crippen LogP) is 2.10. The Morgan fingerprint density at radius 3 is 2.38 bits per heavy atom. The summed E-state index contributed by atoms with van der Waals surface area (Å²) < 4.78 is 0. The molecule has 1 aliphatic rings. The fourth-order valence-corrected chi connectivity index (χ4v) is 3.24. The highest BCUT2D eigenvalue weighted by atomic mass is 16.5. The summed E-state index contributed by atoms with van der Waals surface area (Å²) in [7, 11) is 0. The van der Waals surface area contributed by atoms with Crippen LogP contribution in [0.25, 0.3) is 11.1 Å². The van der Waals surface area contributed by atoms with Gasteiger partial charge < -0.3 is 10.6 Å². The lowest BCUT2D eigenvalue weighted by atomic mass is 10.0. The van der Waals surface area contributed by atoms with Crippen molar-refractivity contribution in [3.05, 3.63) is 60.2 Å². The van der Waals surface area contributed by atoms with Crippen LogP contribution in [0.4, 0.5) is 0 Å². The SMILES string of the molecule is O=C(N[C@@H](C[C@@H]1CCCN1)C(=O)NO)c1ccc(-c2ccccc2)cc1. The molecule has 0 spiro atoms. The van der Waals surface area contributed by atoms with Gasteiger partial charge in [-0.05, 0) is 49.1 Å². The average Bonchev–Trinajstić information content (AvgIpc) is 3.20. The third-order valence-electron chi connectivity index (χ3n) is 4.67. The van der Waals surface area contributed by atoms with E-state index in [2.05, 4.69) is 10.6 Å². The van der Waals surface area contributed by atoms with E-state index in [1.165, 1.54) is 0 Å². The number of benzene rings is 2. The number of nitrogens with one attached hydrogen (secondary N) is 3. The third kappa shape index (κ3) is 4.47. The zero-order chi connectivity index (χ0) is 18.4. The third-order valence-corrected chi connectivity index (χ3v) is 4.67. The van der Waals surface area contributed by atoms with Crippen LogP contribution in [0.5, 0.6) is 0 Å². The Kier molecular flexibility index (Phi) is 5.99. The average molecular weight is 353 g/mol. The number of carbonyl (C=O) groups excluding carboxylic acids is 2. The summed E-state index contributed by atoms with van der Waals surface area (Å²) in [5.41, 5.74) is 4.21. The Bertz CT molecular complexity index is 741. The number of hydrogen-bond donors (Lipinski definition) is 4. The maximum atomic E-state index is 12.5. The van der Waals surface area contributed by atoms with Gasteiger partial charge in [0.25, 0.3) is 11.8 Å². The van der Waals surface area contributed by atoms with Crippen LogP contribution in [0, 0.1) is 0 Å². The molecule has 26 heavy (non-hydrogen) atoms. The van der Waals surface area contributed by atoms with Crippen molar-refractivity contribution >= 4 is 11.8 Å². The van der Waals surface area contributed by atoms with Crippen molar-refractivity contribution in [1.82, 2.24) is 16.1 Å². The predicted molar refractivity (Wildman–Crippen MR) is 98.7 cm³/mol. The molecule has 2 aromatic carbocycles. The van der Waals surface area contributed by atoms with Crippen molar-refractivity contribution in [3.8, 4) is 11.1 Å². The lowest BCUT2D eigenvalue weighted by molar-refractivity contribution is -0.131. The fraction of sp³-hybridized carbons (Fsp3) is 0.300. The molecular formula is C20H23N3O3. The van der Waals surface area contributed by atoms with Crippen molar-refractivity contribution in [2.45, 2.75) is 31.3 Å². The largest absolute Gasteiger partial charge is 0.340 e. The van der Waals surface area contributed by atoms with Crippen molar-refractivity contribution in [2.24, 2.45) is 0 Å². The lowest BCUT2D eigenvalue weighted by Crippen LogP contribution is -2.48. The first-order chi connectivity index (χ1) is 12.7. The maximum absolute atomic E-state index is 12.5. The van der Waals surface area contributed by atoms with Crippen molar-refractivity contribution in [2.75, 3.05) is 6.54 Å². The van der Waals surface area contributed by atoms with Gasteiger partial charge in [0.2, 0.25) is 0 Å². The Morgan fingerprint density at radius 2 is 1.77 bits per heavy atom. The molecule has 2 amide bonds. The molecule has 3 rings (SSSR count). The molecule has 2 atom stereocenters. The monoisotopic (exact) mass is 353 g/mol. The molecule has 4 N–H and O–H groups in total. The number of hydrogen-bond acceptors (Lipinski definition) is 4. The molecule has 0 bridgehead atoms. The van der Waals surface area contributed by atoms with Crippen LogP contribution in [0.2, 0.25) is 0 Å². The van der Waals surface area contributed by atoms with E-state index in [0.29, 0.717) is 12.0 Å². The van der Waals surface area contributed by atoms with Crippen LogP contribution >= 0.6 is 0 Å². The summed E-state index contributed by atoms with van der Waals surface area (Å²) in [5, 5.41) is 15.0. The highest BCUT2D eigenvalue weighted by molar-refractivity contribution is 5.97. The van der Waals surface area contributed by atoms with E-state index >= 15 is 0 Å².